The number of nitrogens with zero attached hydrogens (tertiary/aromatic N) is 2. The molecule has 0 aliphatic carbocycles. The zero-order chi connectivity index (χ0) is 15.9. The largest absolute Gasteiger partial charge is 0.493 e. The van der Waals surface area contributed by atoms with Gasteiger partial charge in [0.2, 0.25) is 0 Å². The van der Waals surface area contributed by atoms with Gasteiger partial charge in [0.25, 0.3) is 5.91 Å². The second kappa shape index (κ2) is 7.56. The Labute approximate surface area is 128 Å². The number of hydrogen-bond donors (Lipinski definition) is 2. The van der Waals surface area contributed by atoms with Gasteiger partial charge in [0.05, 0.1) is 18.7 Å². The molecule has 0 aliphatic rings. The van der Waals surface area contributed by atoms with Crippen LogP contribution in [0.1, 0.15) is 22.6 Å². The molecule has 1 aromatic carbocycles. The lowest BCUT2D eigenvalue weighted by Gasteiger charge is -2.11. The highest BCUT2D eigenvalue weighted by atomic mass is 19.1. The van der Waals surface area contributed by atoms with Crippen LogP contribution >= 0.6 is 0 Å². The number of hydrogen-bond acceptors (Lipinski definition) is 4. The van der Waals surface area contributed by atoms with E-state index < -0.39 is 11.7 Å². The maximum absolute atomic E-state index is 13.4. The zero-order valence-corrected chi connectivity index (χ0v) is 12.4. The number of nitrogens with two attached hydrogens (primary N) is 1. The molecule has 0 radical (unpaired) electrons. The van der Waals surface area contributed by atoms with Crippen LogP contribution in [0.2, 0.25) is 0 Å². The van der Waals surface area contributed by atoms with E-state index in [1.54, 1.807) is 17.0 Å². The van der Waals surface area contributed by atoms with Gasteiger partial charge in [-0.2, -0.15) is 0 Å². The van der Waals surface area contributed by atoms with E-state index in [0.717, 1.165) is 6.07 Å². The number of halogens is 1. The number of carbonyl (C=O) groups excluding carboxylic acids is 1. The lowest BCUT2D eigenvalue weighted by Crippen LogP contribution is -2.25. The van der Waals surface area contributed by atoms with Crippen LogP contribution in [0.3, 0.4) is 0 Å². The van der Waals surface area contributed by atoms with E-state index >= 15 is 0 Å². The van der Waals surface area contributed by atoms with Crippen LogP contribution in [0.15, 0.2) is 30.6 Å². The Morgan fingerprint density at radius 3 is 3.00 bits per heavy atom. The maximum Gasteiger partial charge on any atom is 0.255 e. The number of carbonyl (C=O) groups is 1. The molecule has 0 saturated carbocycles. The van der Waals surface area contributed by atoms with Gasteiger partial charge in [0.15, 0.2) is 0 Å². The number of aromatic nitrogens is 2. The average molecular weight is 306 g/mol. The van der Waals surface area contributed by atoms with Gasteiger partial charge in [-0.3, -0.25) is 4.79 Å². The molecule has 6 nitrogen and oxygen atoms in total. The zero-order valence-electron chi connectivity index (χ0n) is 12.4. The molecule has 0 aliphatic heterocycles. The molecule has 0 saturated heterocycles. The Morgan fingerprint density at radius 2 is 2.32 bits per heavy atom. The molecule has 0 bridgehead atoms. The van der Waals surface area contributed by atoms with Crippen LogP contribution in [0.4, 0.5) is 4.39 Å². The monoisotopic (exact) mass is 306 g/mol. The quantitative estimate of drug-likeness (QED) is 0.754. The summed E-state index contributed by atoms with van der Waals surface area (Å²) in [5.74, 6) is 0.140. The Morgan fingerprint density at radius 1 is 1.50 bits per heavy atom. The summed E-state index contributed by atoms with van der Waals surface area (Å²) in [6.45, 7) is 1.12. The van der Waals surface area contributed by atoms with Gasteiger partial charge in [0, 0.05) is 19.4 Å². The van der Waals surface area contributed by atoms with E-state index in [4.69, 9.17) is 10.5 Å². The Kier molecular flexibility index (Phi) is 5.48. The normalized spacial score (nSPS) is 10.5. The van der Waals surface area contributed by atoms with Crippen molar-refractivity contribution in [1.29, 1.82) is 0 Å². The summed E-state index contributed by atoms with van der Waals surface area (Å²) in [7, 11) is 1.83. The lowest BCUT2D eigenvalue weighted by molar-refractivity contribution is 0.0945. The topological polar surface area (TPSA) is 82.2 Å². The molecule has 3 N–H and O–H groups in total. The molecular formula is C15H19FN4O2. The SMILES string of the molecule is Cn1ccnc1CNC(=O)c1cc(F)ccc1OCCCN. The third-order valence-electron chi connectivity index (χ3n) is 3.12. The first-order chi connectivity index (χ1) is 10.6. The summed E-state index contributed by atoms with van der Waals surface area (Å²) in [6, 6.07) is 3.86. The average Bonchev–Trinajstić information content (AvgIpc) is 2.91. The number of ether oxygens (including phenoxy) is 1. The second-order valence-electron chi connectivity index (χ2n) is 4.77. The van der Waals surface area contributed by atoms with Crippen LogP contribution in [-0.4, -0.2) is 28.6 Å². The molecular weight excluding hydrogens is 287 g/mol. The van der Waals surface area contributed by atoms with Crippen LogP contribution in [-0.2, 0) is 13.6 Å². The summed E-state index contributed by atoms with van der Waals surface area (Å²) in [5, 5.41) is 2.71. The molecule has 1 aromatic heterocycles. The molecule has 1 heterocycles. The van der Waals surface area contributed by atoms with E-state index in [0.29, 0.717) is 31.1 Å². The highest BCUT2D eigenvalue weighted by molar-refractivity contribution is 5.96. The predicted octanol–water partition coefficient (Wildman–Crippen LogP) is 1.22. The van der Waals surface area contributed by atoms with E-state index in [-0.39, 0.29) is 12.1 Å². The third kappa shape index (κ3) is 4.05. The number of benzene rings is 1. The van der Waals surface area contributed by atoms with Gasteiger partial charge in [0.1, 0.15) is 17.4 Å². The lowest BCUT2D eigenvalue weighted by atomic mass is 10.2. The number of amides is 1. The van der Waals surface area contributed by atoms with Crippen molar-refractivity contribution >= 4 is 5.91 Å². The van der Waals surface area contributed by atoms with Gasteiger partial charge in [-0.05, 0) is 31.2 Å². The van der Waals surface area contributed by atoms with E-state index in [2.05, 4.69) is 10.3 Å². The van der Waals surface area contributed by atoms with Crippen molar-refractivity contribution in [3.63, 3.8) is 0 Å². The fraction of sp³-hybridized carbons (Fsp3) is 0.333. The number of nitrogens with one attached hydrogen (secondary N) is 1. The minimum Gasteiger partial charge on any atom is -0.493 e. The van der Waals surface area contributed by atoms with Crippen LogP contribution in [0.25, 0.3) is 0 Å². The first kappa shape index (κ1) is 16.0. The molecule has 1 amide bonds. The van der Waals surface area contributed by atoms with Crippen molar-refractivity contribution in [2.75, 3.05) is 13.2 Å². The molecule has 0 atom stereocenters. The number of aryl methyl sites for hydroxylation is 1. The Bertz CT molecular complexity index is 642. The fourth-order valence-electron chi connectivity index (χ4n) is 1.89. The number of imidazole rings is 1. The molecule has 0 fully saturated rings. The Balaban J connectivity index is 2.07. The summed E-state index contributed by atoms with van der Waals surface area (Å²) < 4.78 is 20.7. The van der Waals surface area contributed by atoms with Crippen molar-refractivity contribution in [3.8, 4) is 5.75 Å². The van der Waals surface area contributed by atoms with Crippen LogP contribution < -0.4 is 15.8 Å². The minimum atomic E-state index is -0.492. The maximum atomic E-state index is 13.4. The first-order valence-electron chi connectivity index (χ1n) is 6.98. The van der Waals surface area contributed by atoms with Crippen LogP contribution in [0.5, 0.6) is 5.75 Å². The smallest absolute Gasteiger partial charge is 0.255 e. The summed E-state index contributed by atoms with van der Waals surface area (Å²) in [6.07, 6.45) is 4.09. The van der Waals surface area contributed by atoms with E-state index in [1.165, 1.54) is 12.1 Å². The van der Waals surface area contributed by atoms with Crippen molar-refractivity contribution in [2.24, 2.45) is 12.8 Å². The molecule has 0 spiro atoms. The number of rotatable bonds is 7. The van der Waals surface area contributed by atoms with Crippen molar-refractivity contribution in [1.82, 2.24) is 14.9 Å². The molecule has 2 aromatic rings. The minimum absolute atomic E-state index is 0.159. The van der Waals surface area contributed by atoms with Gasteiger partial charge in [-0.25, -0.2) is 9.37 Å². The standard InChI is InChI=1S/C15H19FN4O2/c1-20-7-6-18-14(20)10-19-15(21)12-9-11(16)3-4-13(12)22-8-2-5-17/h3-4,6-7,9H,2,5,8,10,17H2,1H3,(H,19,21). The summed E-state index contributed by atoms with van der Waals surface area (Å²) >= 11 is 0. The first-order valence-corrected chi connectivity index (χ1v) is 6.98. The second-order valence-corrected chi connectivity index (χ2v) is 4.77. The molecule has 2 rings (SSSR count). The third-order valence-corrected chi connectivity index (χ3v) is 3.12. The van der Waals surface area contributed by atoms with Gasteiger partial charge >= 0.3 is 0 Å². The predicted molar refractivity (Wildman–Crippen MR) is 79.9 cm³/mol. The van der Waals surface area contributed by atoms with Crippen molar-refractivity contribution in [3.05, 3.63) is 47.8 Å². The Hall–Kier alpha value is -2.41. The molecule has 118 valence electrons. The highest BCUT2D eigenvalue weighted by Gasteiger charge is 2.14. The molecule has 0 unspecified atom stereocenters. The van der Waals surface area contributed by atoms with Gasteiger partial charge < -0.3 is 20.4 Å². The van der Waals surface area contributed by atoms with Crippen molar-refractivity contribution < 1.29 is 13.9 Å². The van der Waals surface area contributed by atoms with E-state index in [1.807, 2.05) is 7.05 Å². The summed E-state index contributed by atoms with van der Waals surface area (Å²) in [5.41, 5.74) is 5.56. The summed E-state index contributed by atoms with van der Waals surface area (Å²) in [4.78, 5) is 16.3. The van der Waals surface area contributed by atoms with E-state index in [9.17, 15) is 9.18 Å². The van der Waals surface area contributed by atoms with Crippen LogP contribution in [0, 0.1) is 5.82 Å². The molecule has 7 heteroatoms. The van der Waals surface area contributed by atoms with Crippen molar-refractivity contribution in [2.45, 2.75) is 13.0 Å². The van der Waals surface area contributed by atoms with Gasteiger partial charge in [-0.15, -0.1) is 0 Å². The molecule has 22 heavy (non-hydrogen) atoms. The van der Waals surface area contributed by atoms with Gasteiger partial charge in [-0.1, -0.05) is 0 Å². The highest BCUT2D eigenvalue weighted by Crippen LogP contribution is 2.20. The fourth-order valence-corrected chi connectivity index (χ4v) is 1.89.